The number of alkyl halides is 1. The van der Waals surface area contributed by atoms with Gasteiger partial charge in [0.15, 0.2) is 0 Å². The predicted molar refractivity (Wildman–Crippen MR) is 70.2 cm³/mol. The quantitative estimate of drug-likeness (QED) is 0.795. The molecule has 0 spiro atoms. The molecule has 0 N–H and O–H groups in total. The minimum absolute atomic E-state index is 0.434. The molecule has 1 aromatic carbocycles. The highest BCUT2D eigenvalue weighted by Gasteiger charge is 2.10. The summed E-state index contributed by atoms with van der Waals surface area (Å²) < 4.78 is 10.5. The van der Waals surface area contributed by atoms with Gasteiger partial charge in [-0.05, 0) is 12.1 Å². The first-order valence-electron chi connectivity index (χ1n) is 5.01. The van der Waals surface area contributed by atoms with Gasteiger partial charge in [-0.2, -0.15) is 0 Å². The van der Waals surface area contributed by atoms with Crippen molar-refractivity contribution in [3.05, 3.63) is 29.4 Å². The van der Waals surface area contributed by atoms with Crippen molar-refractivity contribution in [2.75, 3.05) is 14.2 Å². The maximum atomic E-state index is 5.75. The van der Waals surface area contributed by atoms with E-state index in [2.05, 4.69) is 4.98 Å². The predicted octanol–water partition coefficient (Wildman–Crippen LogP) is 3.57. The molecule has 0 saturated heterocycles. The number of ether oxygens (including phenoxy) is 2. The van der Waals surface area contributed by atoms with Gasteiger partial charge in [0, 0.05) is 17.8 Å². The molecule has 5 heteroatoms. The molecule has 17 heavy (non-hydrogen) atoms. The number of benzene rings is 1. The number of rotatable bonds is 4. The summed E-state index contributed by atoms with van der Waals surface area (Å²) in [5.41, 5.74) is 1.00. The van der Waals surface area contributed by atoms with E-state index in [1.807, 2.05) is 24.4 Å². The second kappa shape index (κ2) is 5.38. The van der Waals surface area contributed by atoms with Crippen molar-refractivity contribution in [2.45, 2.75) is 5.88 Å². The van der Waals surface area contributed by atoms with Gasteiger partial charge in [0.2, 0.25) is 0 Å². The Labute approximate surface area is 109 Å². The van der Waals surface area contributed by atoms with Gasteiger partial charge in [-0.3, -0.25) is 0 Å². The van der Waals surface area contributed by atoms with Crippen LogP contribution >= 0.6 is 22.9 Å². The van der Waals surface area contributed by atoms with Crippen LogP contribution in [0.3, 0.4) is 0 Å². The molecule has 0 amide bonds. The van der Waals surface area contributed by atoms with Crippen LogP contribution in [0.4, 0.5) is 0 Å². The normalized spacial score (nSPS) is 10.3. The van der Waals surface area contributed by atoms with Crippen LogP contribution in [-0.2, 0) is 5.88 Å². The highest BCUT2D eigenvalue weighted by Crippen LogP contribution is 2.36. The van der Waals surface area contributed by atoms with E-state index >= 15 is 0 Å². The standard InChI is InChI=1S/C12H12ClNO2S/c1-15-8-3-4-9(10(5-8)16-2)11-7-14-12(6-13)17-11/h3-5,7H,6H2,1-2H3. The van der Waals surface area contributed by atoms with Gasteiger partial charge < -0.3 is 9.47 Å². The third-order valence-electron chi connectivity index (χ3n) is 2.34. The second-order valence-electron chi connectivity index (χ2n) is 3.32. The molecule has 90 valence electrons. The van der Waals surface area contributed by atoms with Crippen LogP contribution in [0.15, 0.2) is 24.4 Å². The highest BCUT2D eigenvalue weighted by molar-refractivity contribution is 7.15. The Morgan fingerprint density at radius 1 is 1.29 bits per heavy atom. The van der Waals surface area contributed by atoms with E-state index in [0.717, 1.165) is 26.9 Å². The van der Waals surface area contributed by atoms with Gasteiger partial charge in [0.05, 0.1) is 25.0 Å². The molecule has 1 aromatic heterocycles. The summed E-state index contributed by atoms with van der Waals surface area (Å²) in [5, 5.41) is 0.902. The molecule has 0 aliphatic rings. The van der Waals surface area contributed by atoms with Crippen molar-refractivity contribution in [1.82, 2.24) is 4.98 Å². The van der Waals surface area contributed by atoms with E-state index in [0.29, 0.717) is 5.88 Å². The minimum atomic E-state index is 0.434. The average Bonchev–Trinajstić information content (AvgIpc) is 2.86. The first kappa shape index (κ1) is 12.2. The molecule has 0 atom stereocenters. The number of halogens is 1. The Morgan fingerprint density at radius 2 is 2.12 bits per heavy atom. The Morgan fingerprint density at radius 3 is 2.71 bits per heavy atom. The Balaban J connectivity index is 2.43. The van der Waals surface area contributed by atoms with Gasteiger partial charge in [0.1, 0.15) is 16.5 Å². The lowest BCUT2D eigenvalue weighted by atomic mass is 10.1. The van der Waals surface area contributed by atoms with E-state index in [9.17, 15) is 0 Å². The molecule has 0 fully saturated rings. The van der Waals surface area contributed by atoms with Crippen molar-refractivity contribution in [2.24, 2.45) is 0 Å². The Bertz CT molecular complexity index is 513. The summed E-state index contributed by atoms with van der Waals surface area (Å²) in [4.78, 5) is 5.27. The van der Waals surface area contributed by atoms with Gasteiger partial charge in [0.25, 0.3) is 0 Å². The number of aromatic nitrogens is 1. The molecule has 0 bridgehead atoms. The molecular formula is C12H12ClNO2S. The van der Waals surface area contributed by atoms with Gasteiger partial charge in [-0.25, -0.2) is 4.98 Å². The zero-order valence-electron chi connectivity index (χ0n) is 9.57. The van der Waals surface area contributed by atoms with Crippen molar-refractivity contribution in [3.8, 4) is 21.9 Å². The van der Waals surface area contributed by atoms with Crippen molar-refractivity contribution >= 4 is 22.9 Å². The fourth-order valence-electron chi connectivity index (χ4n) is 1.50. The summed E-state index contributed by atoms with van der Waals surface area (Å²) >= 11 is 7.31. The van der Waals surface area contributed by atoms with E-state index in [1.165, 1.54) is 0 Å². The van der Waals surface area contributed by atoms with Gasteiger partial charge in [-0.15, -0.1) is 22.9 Å². The largest absolute Gasteiger partial charge is 0.497 e. The number of thiazole rings is 1. The third kappa shape index (κ3) is 2.53. The lowest BCUT2D eigenvalue weighted by molar-refractivity contribution is 0.395. The number of methoxy groups -OCH3 is 2. The molecular weight excluding hydrogens is 258 g/mol. The number of hydrogen-bond acceptors (Lipinski definition) is 4. The fraction of sp³-hybridized carbons (Fsp3) is 0.250. The molecule has 2 rings (SSSR count). The molecule has 0 saturated carbocycles. The average molecular weight is 270 g/mol. The molecule has 3 nitrogen and oxygen atoms in total. The maximum Gasteiger partial charge on any atom is 0.131 e. The molecule has 1 heterocycles. The fourth-order valence-corrected chi connectivity index (χ4v) is 2.53. The van der Waals surface area contributed by atoms with Crippen molar-refractivity contribution < 1.29 is 9.47 Å². The Kier molecular flexibility index (Phi) is 3.86. The van der Waals surface area contributed by atoms with Crippen LogP contribution in [0.5, 0.6) is 11.5 Å². The van der Waals surface area contributed by atoms with E-state index in [4.69, 9.17) is 21.1 Å². The minimum Gasteiger partial charge on any atom is -0.497 e. The van der Waals surface area contributed by atoms with E-state index < -0.39 is 0 Å². The first-order valence-corrected chi connectivity index (χ1v) is 6.36. The SMILES string of the molecule is COc1ccc(-c2cnc(CCl)s2)c(OC)c1. The first-order chi connectivity index (χ1) is 8.28. The van der Waals surface area contributed by atoms with Gasteiger partial charge >= 0.3 is 0 Å². The lowest BCUT2D eigenvalue weighted by Gasteiger charge is -2.08. The smallest absolute Gasteiger partial charge is 0.131 e. The summed E-state index contributed by atoms with van der Waals surface area (Å²) in [6.07, 6.45) is 1.81. The third-order valence-corrected chi connectivity index (χ3v) is 3.78. The maximum absolute atomic E-state index is 5.75. The second-order valence-corrected chi connectivity index (χ2v) is 4.70. The van der Waals surface area contributed by atoms with Crippen LogP contribution < -0.4 is 9.47 Å². The van der Waals surface area contributed by atoms with Crippen molar-refractivity contribution in [3.63, 3.8) is 0 Å². The van der Waals surface area contributed by atoms with Crippen LogP contribution in [0, 0.1) is 0 Å². The van der Waals surface area contributed by atoms with Crippen LogP contribution in [0.1, 0.15) is 5.01 Å². The molecule has 0 radical (unpaired) electrons. The summed E-state index contributed by atoms with van der Waals surface area (Å²) in [6, 6.07) is 5.72. The van der Waals surface area contributed by atoms with Crippen molar-refractivity contribution in [1.29, 1.82) is 0 Å². The van der Waals surface area contributed by atoms with Crippen LogP contribution in [-0.4, -0.2) is 19.2 Å². The Hall–Kier alpha value is -1.26. The summed E-state index contributed by atoms with van der Waals surface area (Å²) in [7, 11) is 3.27. The zero-order chi connectivity index (χ0) is 12.3. The molecule has 0 aliphatic carbocycles. The number of hydrogen-bond donors (Lipinski definition) is 0. The van der Waals surface area contributed by atoms with E-state index in [-0.39, 0.29) is 0 Å². The number of nitrogens with zero attached hydrogens (tertiary/aromatic N) is 1. The monoisotopic (exact) mass is 269 g/mol. The summed E-state index contributed by atoms with van der Waals surface area (Å²) in [6.45, 7) is 0. The topological polar surface area (TPSA) is 31.4 Å². The van der Waals surface area contributed by atoms with Gasteiger partial charge in [-0.1, -0.05) is 0 Å². The van der Waals surface area contributed by atoms with Crippen LogP contribution in [0.25, 0.3) is 10.4 Å². The van der Waals surface area contributed by atoms with Crippen LogP contribution in [0.2, 0.25) is 0 Å². The lowest BCUT2D eigenvalue weighted by Crippen LogP contribution is -1.89. The molecule has 2 aromatic rings. The highest BCUT2D eigenvalue weighted by atomic mass is 35.5. The van der Waals surface area contributed by atoms with E-state index in [1.54, 1.807) is 25.6 Å². The summed E-state index contributed by atoms with van der Waals surface area (Å²) in [5.74, 6) is 1.98. The molecule has 0 unspecified atom stereocenters. The zero-order valence-corrected chi connectivity index (χ0v) is 11.1. The molecule has 0 aliphatic heterocycles.